The van der Waals surface area contributed by atoms with Crippen LogP contribution in [0.3, 0.4) is 0 Å². The van der Waals surface area contributed by atoms with Gasteiger partial charge in [-0.05, 0) is 12.8 Å². The van der Waals surface area contributed by atoms with E-state index in [2.05, 4.69) is 5.32 Å². The number of carboxylic acid groups (broad SMARTS) is 1. The molecular weight excluding hydrogens is 214 g/mol. The number of hydrogen-bond acceptors (Lipinski definition) is 4. The van der Waals surface area contributed by atoms with E-state index in [4.69, 9.17) is 14.9 Å². The van der Waals surface area contributed by atoms with Crippen molar-refractivity contribution in [3.8, 4) is 0 Å². The summed E-state index contributed by atoms with van der Waals surface area (Å²) in [6.07, 6.45) is 1.56. The third kappa shape index (κ3) is 3.79. The van der Waals surface area contributed by atoms with Gasteiger partial charge < -0.3 is 20.3 Å². The van der Waals surface area contributed by atoms with Crippen LogP contribution in [-0.4, -0.2) is 48.0 Å². The Bertz CT molecular complexity index is 250. The minimum absolute atomic E-state index is 0.0225. The van der Waals surface area contributed by atoms with Crippen molar-refractivity contribution in [2.45, 2.75) is 25.3 Å². The summed E-state index contributed by atoms with van der Waals surface area (Å²) in [4.78, 5) is 22.4. The second-order valence-corrected chi connectivity index (χ2v) is 3.83. The van der Waals surface area contributed by atoms with Crippen molar-refractivity contribution in [2.24, 2.45) is 5.92 Å². The summed E-state index contributed by atoms with van der Waals surface area (Å²) in [7, 11) is 0. The zero-order valence-electron chi connectivity index (χ0n) is 9.02. The normalized spacial score (nSPS) is 22.4. The van der Waals surface area contributed by atoms with Crippen molar-refractivity contribution in [3.63, 3.8) is 0 Å². The van der Waals surface area contributed by atoms with Crippen molar-refractivity contribution in [2.75, 3.05) is 19.8 Å². The Morgan fingerprint density at radius 3 is 2.75 bits per heavy atom. The van der Waals surface area contributed by atoms with Gasteiger partial charge in [0.2, 0.25) is 5.91 Å². The van der Waals surface area contributed by atoms with Crippen LogP contribution in [0, 0.1) is 5.92 Å². The number of carboxylic acids is 1. The number of ether oxygens (including phenoxy) is 1. The summed E-state index contributed by atoms with van der Waals surface area (Å²) >= 11 is 0. The van der Waals surface area contributed by atoms with Crippen LogP contribution in [-0.2, 0) is 14.3 Å². The number of carbonyl (C=O) groups is 2. The van der Waals surface area contributed by atoms with Gasteiger partial charge in [0.05, 0.1) is 12.5 Å². The Labute approximate surface area is 93.6 Å². The molecule has 1 amide bonds. The first-order valence-electron chi connectivity index (χ1n) is 5.37. The Kier molecular flexibility index (Phi) is 5.21. The lowest BCUT2D eigenvalue weighted by Gasteiger charge is -2.23. The molecule has 6 nitrogen and oxygen atoms in total. The number of rotatable bonds is 5. The van der Waals surface area contributed by atoms with E-state index in [0.29, 0.717) is 13.2 Å². The third-order valence-corrected chi connectivity index (χ3v) is 2.56. The van der Waals surface area contributed by atoms with Gasteiger partial charge in [0.1, 0.15) is 6.04 Å². The van der Waals surface area contributed by atoms with Crippen molar-refractivity contribution in [3.05, 3.63) is 0 Å². The molecule has 1 aliphatic heterocycles. The molecule has 1 saturated heterocycles. The van der Waals surface area contributed by atoms with Crippen molar-refractivity contribution >= 4 is 11.9 Å². The van der Waals surface area contributed by atoms with Gasteiger partial charge in [-0.25, -0.2) is 4.79 Å². The maximum absolute atomic E-state index is 11.7. The standard InChI is InChI=1S/C10H17NO5/c12-4-3-8(10(14)15)11-9(13)7-2-1-5-16-6-7/h7-8,12H,1-6H2,(H,11,13)(H,14,15)/t7?,8-/m1/s1. The highest BCUT2D eigenvalue weighted by molar-refractivity contribution is 5.85. The van der Waals surface area contributed by atoms with Gasteiger partial charge in [-0.3, -0.25) is 4.79 Å². The summed E-state index contributed by atoms with van der Waals surface area (Å²) in [6, 6.07) is -1.01. The second-order valence-electron chi connectivity index (χ2n) is 3.83. The van der Waals surface area contributed by atoms with Crippen molar-refractivity contribution in [1.82, 2.24) is 5.32 Å². The maximum atomic E-state index is 11.7. The molecule has 6 heteroatoms. The Morgan fingerprint density at radius 1 is 1.50 bits per heavy atom. The molecule has 1 rings (SSSR count). The zero-order chi connectivity index (χ0) is 12.0. The van der Waals surface area contributed by atoms with Gasteiger partial charge in [-0.1, -0.05) is 0 Å². The van der Waals surface area contributed by atoms with E-state index >= 15 is 0 Å². The number of aliphatic hydroxyl groups is 1. The van der Waals surface area contributed by atoms with E-state index in [1.54, 1.807) is 0 Å². The Morgan fingerprint density at radius 2 is 2.25 bits per heavy atom. The Hall–Kier alpha value is -1.14. The molecule has 92 valence electrons. The number of hydrogen-bond donors (Lipinski definition) is 3. The predicted octanol–water partition coefficient (Wildman–Crippen LogP) is -0.635. The summed E-state index contributed by atoms with van der Waals surface area (Å²) in [5.74, 6) is -1.70. The number of amides is 1. The molecule has 1 heterocycles. The number of nitrogens with one attached hydrogen (secondary N) is 1. The fourth-order valence-electron chi connectivity index (χ4n) is 1.62. The summed E-state index contributed by atoms with van der Waals surface area (Å²) in [6.45, 7) is 0.735. The van der Waals surface area contributed by atoms with Crippen LogP contribution in [0.25, 0.3) is 0 Å². The minimum Gasteiger partial charge on any atom is -0.480 e. The van der Waals surface area contributed by atoms with Crippen LogP contribution in [0.5, 0.6) is 0 Å². The first-order valence-corrected chi connectivity index (χ1v) is 5.37. The summed E-state index contributed by atoms with van der Waals surface area (Å²) in [5.41, 5.74) is 0. The molecule has 0 aromatic carbocycles. The number of aliphatic hydroxyl groups excluding tert-OH is 1. The molecular formula is C10H17NO5. The zero-order valence-corrected chi connectivity index (χ0v) is 9.02. The summed E-state index contributed by atoms with van der Waals surface area (Å²) in [5, 5.41) is 19.9. The van der Waals surface area contributed by atoms with Gasteiger partial charge in [-0.15, -0.1) is 0 Å². The average Bonchev–Trinajstić information content (AvgIpc) is 2.29. The lowest BCUT2D eigenvalue weighted by atomic mass is 10.0. The molecule has 0 saturated carbocycles. The molecule has 0 aliphatic carbocycles. The molecule has 0 aromatic heterocycles. The third-order valence-electron chi connectivity index (χ3n) is 2.56. The molecule has 3 N–H and O–H groups in total. The van der Waals surface area contributed by atoms with Crippen LogP contribution >= 0.6 is 0 Å². The van der Waals surface area contributed by atoms with Gasteiger partial charge >= 0.3 is 5.97 Å². The van der Waals surface area contributed by atoms with Gasteiger partial charge in [0.15, 0.2) is 0 Å². The van der Waals surface area contributed by atoms with E-state index < -0.39 is 12.0 Å². The van der Waals surface area contributed by atoms with Gasteiger partial charge in [-0.2, -0.15) is 0 Å². The largest absolute Gasteiger partial charge is 0.480 e. The predicted molar refractivity (Wildman–Crippen MR) is 54.8 cm³/mol. The lowest BCUT2D eigenvalue weighted by molar-refractivity contribution is -0.143. The fraction of sp³-hybridized carbons (Fsp3) is 0.800. The smallest absolute Gasteiger partial charge is 0.326 e. The minimum atomic E-state index is -1.13. The van der Waals surface area contributed by atoms with Crippen LogP contribution in [0.1, 0.15) is 19.3 Å². The van der Waals surface area contributed by atoms with Gasteiger partial charge in [0.25, 0.3) is 0 Å². The molecule has 0 bridgehead atoms. The highest BCUT2D eigenvalue weighted by Crippen LogP contribution is 2.13. The molecule has 1 fully saturated rings. The van der Waals surface area contributed by atoms with Crippen LogP contribution in [0.2, 0.25) is 0 Å². The molecule has 0 radical (unpaired) electrons. The van der Waals surface area contributed by atoms with E-state index in [1.165, 1.54) is 0 Å². The topological polar surface area (TPSA) is 95.9 Å². The SMILES string of the molecule is O=C(N[C@H](CCO)C(=O)O)C1CCCOC1. The maximum Gasteiger partial charge on any atom is 0.326 e. The van der Waals surface area contributed by atoms with E-state index in [9.17, 15) is 9.59 Å². The van der Waals surface area contributed by atoms with E-state index in [1.807, 2.05) is 0 Å². The molecule has 0 spiro atoms. The van der Waals surface area contributed by atoms with Gasteiger partial charge in [0, 0.05) is 19.6 Å². The molecule has 2 atom stereocenters. The lowest BCUT2D eigenvalue weighted by Crippen LogP contribution is -2.45. The van der Waals surface area contributed by atoms with Crippen LogP contribution in [0.4, 0.5) is 0 Å². The average molecular weight is 231 g/mol. The monoisotopic (exact) mass is 231 g/mol. The van der Waals surface area contributed by atoms with Crippen LogP contribution in [0.15, 0.2) is 0 Å². The Balaban J connectivity index is 2.43. The fourth-order valence-corrected chi connectivity index (χ4v) is 1.62. The van der Waals surface area contributed by atoms with Crippen molar-refractivity contribution < 1.29 is 24.5 Å². The molecule has 16 heavy (non-hydrogen) atoms. The molecule has 0 aromatic rings. The molecule has 1 unspecified atom stereocenters. The summed E-state index contributed by atoms with van der Waals surface area (Å²) < 4.78 is 5.15. The number of carbonyl (C=O) groups excluding carboxylic acids is 1. The highest BCUT2D eigenvalue weighted by Gasteiger charge is 2.26. The first-order chi connectivity index (χ1) is 7.65. The van der Waals surface area contributed by atoms with Crippen LogP contribution < -0.4 is 5.32 Å². The quantitative estimate of drug-likeness (QED) is 0.585. The second kappa shape index (κ2) is 6.44. The van der Waals surface area contributed by atoms with E-state index in [0.717, 1.165) is 12.8 Å². The van der Waals surface area contributed by atoms with E-state index in [-0.39, 0.29) is 24.9 Å². The first kappa shape index (κ1) is 12.9. The van der Waals surface area contributed by atoms with Crippen molar-refractivity contribution in [1.29, 1.82) is 0 Å². The molecule has 1 aliphatic rings. The highest BCUT2D eigenvalue weighted by atomic mass is 16.5. The number of aliphatic carboxylic acids is 1.